The van der Waals surface area contributed by atoms with Crippen molar-refractivity contribution in [3.05, 3.63) is 0 Å². The smallest absolute Gasteiger partial charge is 0.0158 e. The van der Waals surface area contributed by atoms with Gasteiger partial charge in [-0.05, 0) is 20.9 Å². The third kappa shape index (κ3) is 1.62. The topological polar surface area (TPSA) is 3.24 Å². The molecule has 1 fully saturated rings. The average Bonchev–Trinajstić information content (AvgIpc) is 1.83. The number of nitrogens with zero attached hydrogens (tertiary/aromatic N) is 1. The molecule has 0 bridgehead atoms. The zero-order valence-corrected chi connectivity index (χ0v) is 7.24. The average molecular weight is 145 g/mol. The highest BCUT2D eigenvalue weighted by molar-refractivity contribution is 7.99. The van der Waals surface area contributed by atoms with Gasteiger partial charge in [0.05, 0.1) is 0 Å². The summed E-state index contributed by atoms with van der Waals surface area (Å²) < 4.78 is 0. The SMILES string of the molecule is C[C@@H]1CSC[C@H](C)N1C. The Labute approximate surface area is 61.8 Å². The molecule has 0 radical (unpaired) electrons. The first kappa shape index (κ1) is 7.42. The third-order valence-corrected chi connectivity index (χ3v) is 3.54. The first-order valence-corrected chi connectivity index (χ1v) is 4.67. The quantitative estimate of drug-likeness (QED) is 0.507. The lowest BCUT2D eigenvalue weighted by atomic mass is 10.2. The highest BCUT2D eigenvalue weighted by atomic mass is 32.2. The van der Waals surface area contributed by atoms with Gasteiger partial charge in [0.15, 0.2) is 0 Å². The molecule has 2 atom stereocenters. The highest BCUT2D eigenvalue weighted by Crippen LogP contribution is 2.18. The Hall–Kier alpha value is 0.310. The lowest BCUT2D eigenvalue weighted by molar-refractivity contribution is 0.220. The summed E-state index contributed by atoms with van der Waals surface area (Å²) in [5, 5.41) is 0. The van der Waals surface area contributed by atoms with Crippen LogP contribution in [0.1, 0.15) is 13.8 Å². The van der Waals surface area contributed by atoms with Crippen LogP contribution in [-0.4, -0.2) is 35.5 Å². The van der Waals surface area contributed by atoms with Gasteiger partial charge in [0.1, 0.15) is 0 Å². The van der Waals surface area contributed by atoms with E-state index in [1.807, 2.05) is 0 Å². The number of thioether (sulfide) groups is 1. The van der Waals surface area contributed by atoms with Crippen LogP contribution in [-0.2, 0) is 0 Å². The van der Waals surface area contributed by atoms with Gasteiger partial charge in [0.2, 0.25) is 0 Å². The predicted molar refractivity (Wildman–Crippen MR) is 44.0 cm³/mol. The van der Waals surface area contributed by atoms with Crippen LogP contribution in [0, 0.1) is 0 Å². The maximum Gasteiger partial charge on any atom is 0.0158 e. The number of hydrogen-bond donors (Lipinski definition) is 0. The monoisotopic (exact) mass is 145 g/mol. The van der Waals surface area contributed by atoms with Crippen molar-refractivity contribution in [3.63, 3.8) is 0 Å². The van der Waals surface area contributed by atoms with Crippen LogP contribution in [0.2, 0.25) is 0 Å². The molecular formula is C7H15NS. The highest BCUT2D eigenvalue weighted by Gasteiger charge is 2.20. The molecule has 1 rings (SSSR count). The minimum atomic E-state index is 0.777. The van der Waals surface area contributed by atoms with Gasteiger partial charge in [-0.25, -0.2) is 0 Å². The summed E-state index contributed by atoms with van der Waals surface area (Å²) in [4.78, 5) is 2.45. The normalized spacial score (nSPS) is 39.0. The van der Waals surface area contributed by atoms with Crippen molar-refractivity contribution in [1.29, 1.82) is 0 Å². The second-order valence-electron chi connectivity index (χ2n) is 2.90. The Kier molecular flexibility index (Phi) is 2.42. The lowest BCUT2D eigenvalue weighted by Crippen LogP contribution is -2.43. The van der Waals surface area contributed by atoms with Crippen LogP contribution in [0.4, 0.5) is 0 Å². The van der Waals surface area contributed by atoms with Crippen LogP contribution in [0.25, 0.3) is 0 Å². The van der Waals surface area contributed by atoms with Crippen molar-refractivity contribution in [2.75, 3.05) is 18.6 Å². The molecular weight excluding hydrogens is 130 g/mol. The van der Waals surface area contributed by atoms with Gasteiger partial charge in [-0.1, -0.05) is 0 Å². The molecule has 0 aromatic carbocycles. The second-order valence-corrected chi connectivity index (χ2v) is 3.98. The van der Waals surface area contributed by atoms with Crippen LogP contribution in [0.5, 0.6) is 0 Å². The van der Waals surface area contributed by atoms with Crippen LogP contribution < -0.4 is 0 Å². The maximum absolute atomic E-state index is 2.45. The molecule has 0 aromatic heterocycles. The summed E-state index contributed by atoms with van der Waals surface area (Å²) in [6.07, 6.45) is 0. The van der Waals surface area contributed by atoms with Crippen molar-refractivity contribution in [2.45, 2.75) is 25.9 Å². The van der Waals surface area contributed by atoms with Crippen molar-refractivity contribution in [3.8, 4) is 0 Å². The Morgan fingerprint density at radius 2 is 1.67 bits per heavy atom. The van der Waals surface area contributed by atoms with Crippen LogP contribution >= 0.6 is 11.8 Å². The van der Waals surface area contributed by atoms with Crippen molar-refractivity contribution in [1.82, 2.24) is 4.90 Å². The van der Waals surface area contributed by atoms with E-state index < -0.39 is 0 Å². The molecule has 1 aliphatic rings. The van der Waals surface area contributed by atoms with Crippen molar-refractivity contribution < 1.29 is 0 Å². The van der Waals surface area contributed by atoms with Crippen molar-refractivity contribution >= 4 is 11.8 Å². The number of rotatable bonds is 0. The van der Waals surface area contributed by atoms with Crippen molar-refractivity contribution in [2.24, 2.45) is 0 Å². The van der Waals surface area contributed by atoms with Gasteiger partial charge in [0, 0.05) is 23.6 Å². The predicted octanol–water partition coefficient (Wildman–Crippen LogP) is 1.44. The Bertz CT molecular complexity index is 84.9. The van der Waals surface area contributed by atoms with E-state index in [0.29, 0.717) is 0 Å². The molecule has 0 unspecified atom stereocenters. The molecule has 2 heteroatoms. The van der Waals surface area contributed by atoms with E-state index >= 15 is 0 Å². The minimum Gasteiger partial charge on any atom is -0.299 e. The van der Waals surface area contributed by atoms with Gasteiger partial charge in [-0.15, -0.1) is 0 Å². The van der Waals surface area contributed by atoms with Crippen LogP contribution in [0.3, 0.4) is 0 Å². The standard InChI is InChI=1S/C7H15NS/c1-6-4-9-5-7(2)8(6)3/h6-7H,4-5H2,1-3H3/t6-,7+. The van der Waals surface area contributed by atoms with Gasteiger partial charge < -0.3 is 0 Å². The van der Waals surface area contributed by atoms with Gasteiger partial charge in [-0.3, -0.25) is 4.90 Å². The third-order valence-electron chi connectivity index (χ3n) is 2.11. The molecule has 0 aromatic rings. The number of hydrogen-bond acceptors (Lipinski definition) is 2. The molecule has 1 heterocycles. The molecule has 1 nitrogen and oxygen atoms in total. The molecule has 0 amide bonds. The lowest BCUT2D eigenvalue weighted by Gasteiger charge is -2.35. The van der Waals surface area contributed by atoms with Gasteiger partial charge in [0.25, 0.3) is 0 Å². The summed E-state index contributed by atoms with van der Waals surface area (Å²) in [5.41, 5.74) is 0. The summed E-state index contributed by atoms with van der Waals surface area (Å²) in [6.45, 7) is 4.59. The fourth-order valence-electron chi connectivity index (χ4n) is 1.08. The second kappa shape index (κ2) is 2.93. The molecule has 1 saturated heterocycles. The first-order valence-electron chi connectivity index (χ1n) is 3.51. The van der Waals surface area contributed by atoms with Crippen LogP contribution in [0.15, 0.2) is 0 Å². The summed E-state index contributed by atoms with van der Waals surface area (Å²) in [7, 11) is 2.22. The summed E-state index contributed by atoms with van der Waals surface area (Å²) in [5.74, 6) is 2.61. The summed E-state index contributed by atoms with van der Waals surface area (Å²) >= 11 is 2.07. The summed E-state index contributed by atoms with van der Waals surface area (Å²) in [6, 6.07) is 1.55. The molecule has 0 spiro atoms. The zero-order valence-electron chi connectivity index (χ0n) is 6.42. The molecule has 9 heavy (non-hydrogen) atoms. The molecule has 0 saturated carbocycles. The van der Waals surface area contributed by atoms with E-state index in [1.165, 1.54) is 11.5 Å². The van der Waals surface area contributed by atoms with E-state index in [2.05, 4.69) is 37.6 Å². The van der Waals surface area contributed by atoms with Gasteiger partial charge in [-0.2, -0.15) is 11.8 Å². The van der Waals surface area contributed by atoms with E-state index in [-0.39, 0.29) is 0 Å². The maximum atomic E-state index is 2.45. The van der Waals surface area contributed by atoms with E-state index in [1.54, 1.807) is 0 Å². The molecule has 54 valence electrons. The van der Waals surface area contributed by atoms with E-state index in [9.17, 15) is 0 Å². The minimum absolute atomic E-state index is 0.777. The molecule has 0 aliphatic carbocycles. The molecule has 0 N–H and O–H groups in total. The Morgan fingerprint density at radius 1 is 1.22 bits per heavy atom. The van der Waals surface area contributed by atoms with Gasteiger partial charge >= 0.3 is 0 Å². The Morgan fingerprint density at radius 3 is 2.00 bits per heavy atom. The zero-order chi connectivity index (χ0) is 6.85. The fraction of sp³-hybridized carbons (Fsp3) is 1.00. The van der Waals surface area contributed by atoms with E-state index in [0.717, 1.165) is 12.1 Å². The Balaban J connectivity index is 2.41. The fourth-order valence-corrected chi connectivity index (χ4v) is 2.37. The first-order chi connectivity index (χ1) is 4.22. The largest absolute Gasteiger partial charge is 0.299 e. The van der Waals surface area contributed by atoms with E-state index in [4.69, 9.17) is 0 Å². The molecule has 1 aliphatic heterocycles.